The molecule has 1 heterocycles. The van der Waals surface area contributed by atoms with Crippen molar-refractivity contribution in [1.29, 1.82) is 0 Å². The minimum atomic E-state index is -0.175. The number of carbonyl (C=O) groups excluding carboxylic acids is 1. The molecule has 4 nitrogen and oxygen atoms in total. The summed E-state index contributed by atoms with van der Waals surface area (Å²) in [6.07, 6.45) is 4.65. The van der Waals surface area contributed by atoms with Gasteiger partial charge in [-0.15, -0.1) is 0 Å². The molecule has 4 heteroatoms. The maximum absolute atomic E-state index is 12.0. The zero-order chi connectivity index (χ0) is 13.8. The smallest absolute Gasteiger partial charge is 0.310 e. The van der Waals surface area contributed by atoms with Crippen molar-refractivity contribution >= 4 is 5.97 Å². The Labute approximate surface area is 116 Å². The van der Waals surface area contributed by atoms with Gasteiger partial charge in [-0.3, -0.25) is 9.69 Å². The highest BCUT2D eigenvalue weighted by Crippen LogP contribution is 2.38. The number of aliphatic hydroxyl groups is 1. The van der Waals surface area contributed by atoms with E-state index in [1.54, 1.807) is 0 Å². The molecule has 1 aliphatic heterocycles. The molecule has 0 unspecified atom stereocenters. The fraction of sp³-hybridized carbons (Fsp3) is 0.933. The Bertz CT molecular complexity index is 300. The number of aliphatic hydroxyl groups excluding tert-OH is 1. The topological polar surface area (TPSA) is 49.8 Å². The van der Waals surface area contributed by atoms with Crippen LogP contribution in [0.1, 0.15) is 46.0 Å². The lowest BCUT2D eigenvalue weighted by Crippen LogP contribution is -2.53. The fourth-order valence-electron chi connectivity index (χ4n) is 3.79. The average Bonchev–Trinajstić information content (AvgIpc) is 2.38. The van der Waals surface area contributed by atoms with E-state index in [4.69, 9.17) is 4.74 Å². The Morgan fingerprint density at radius 1 is 1.32 bits per heavy atom. The SMILES string of the molecule is CCCN1C[C@H](C(=O)OCC)C[C@@H]2C[C@@H](O)CC[C@@H]21. The van der Waals surface area contributed by atoms with Gasteiger partial charge in [0.15, 0.2) is 0 Å². The summed E-state index contributed by atoms with van der Waals surface area (Å²) in [6.45, 7) is 6.38. The average molecular weight is 269 g/mol. The largest absolute Gasteiger partial charge is 0.466 e. The predicted molar refractivity (Wildman–Crippen MR) is 73.7 cm³/mol. The van der Waals surface area contributed by atoms with E-state index in [1.807, 2.05) is 6.92 Å². The van der Waals surface area contributed by atoms with Crippen LogP contribution in [-0.2, 0) is 9.53 Å². The second-order valence-electron chi connectivity index (χ2n) is 5.97. The van der Waals surface area contributed by atoms with Crippen molar-refractivity contribution in [2.24, 2.45) is 11.8 Å². The van der Waals surface area contributed by atoms with Crippen LogP contribution in [0.25, 0.3) is 0 Å². The van der Waals surface area contributed by atoms with Gasteiger partial charge >= 0.3 is 5.97 Å². The van der Waals surface area contributed by atoms with Crippen molar-refractivity contribution in [3.8, 4) is 0 Å². The first kappa shape index (κ1) is 14.8. The molecule has 1 saturated heterocycles. The quantitative estimate of drug-likeness (QED) is 0.791. The first-order chi connectivity index (χ1) is 9.15. The van der Waals surface area contributed by atoms with Gasteiger partial charge in [-0.05, 0) is 51.5 Å². The summed E-state index contributed by atoms with van der Waals surface area (Å²) in [5.74, 6) is 0.402. The molecular formula is C15H27NO3. The third kappa shape index (κ3) is 3.48. The third-order valence-electron chi connectivity index (χ3n) is 4.56. The molecule has 1 aliphatic carbocycles. The number of piperidine rings is 1. The summed E-state index contributed by atoms with van der Waals surface area (Å²) in [7, 11) is 0. The zero-order valence-electron chi connectivity index (χ0n) is 12.2. The van der Waals surface area contributed by atoms with Gasteiger partial charge < -0.3 is 9.84 Å². The second-order valence-corrected chi connectivity index (χ2v) is 5.97. The molecule has 2 aliphatic rings. The summed E-state index contributed by atoms with van der Waals surface area (Å²) in [6, 6.07) is 0.564. The number of esters is 1. The molecule has 110 valence electrons. The maximum Gasteiger partial charge on any atom is 0.310 e. The lowest BCUT2D eigenvalue weighted by Gasteiger charge is -2.47. The Kier molecular flexibility index (Phi) is 5.22. The zero-order valence-corrected chi connectivity index (χ0v) is 12.2. The highest BCUT2D eigenvalue weighted by atomic mass is 16.5. The third-order valence-corrected chi connectivity index (χ3v) is 4.56. The standard InChI is InChI=1S/C15H27NO3/c1-3-7-16-10-12(15(18)19-4-2)8-11-9-13(17)5-6-14(11)16/h11-14,17H,3-10H2,1-2H3/t11-,12-,13+,14+/m1/s1. The first-order valence-corrected chi connectivity index (χ1v) is 7.74. The van der Waals surface area contributed by atoms with Crippen LogP contribution >= 0.6 is 0 Å². The number of hydrogen-bond acceptors (Lipinski definition) is 4. The van der Waals surface area contributed by atoms with Crippen molar-refractivity contribution in [3.05, 3.63) is 0 Å². The van der Waals surface area contributed by atoms with Crippen LogP contribution in [0.15, 0.2) is 0 Å². The number of nitrogens with zero attached hydrogens (tertiary/aromatic N) is 1. The molecule has 0 aromatic heterocycles. The van der Waals surface area contributed by atoms with Crippen molar-refractivity contribution in [2.75, 3.05) is 19.7 Å². The molecular weight excluding hydrogens is 242 g/mol. The molecule has 0 radical (unpaired) electrons. The lowest BCUT2D eigenvalue weighted by atomic mass is 9.74. The number of hydrogen-bond donors (Lipinski definition) is 1. The van der Waals surface area contributed by atoms with Gasteiger partial charge in [0.2, 0.25) is 0 Å². The molecule has 0 aromatic carbocycles. The highest BCUT2D eigenvalue weighted by Gasteiger charge is 2.41. The Morgan fingerprint density at radius 3 is 2.79 bits per heavy atom. The van der Waals surface area contributed by atoms with E-state index in [2.05, 4.69) is 11.8 Å². The number of fused-ring (bicyclic) bond motifs is 1. The van der Waals surface area contributed by atoms with E-state index < -0.39 is 0 Å². The van der Waals surface area contributed by atoms with E-state index in [9.17, 15) is 9.90 Å². The lowest BCUT2D eigenvalue weighted by molar-refractivity contribution is -0.153. The van der Waals surface area contributed by atoms with E-state index in [-0.39, 0.29) is 18.0 Å². The summed E-state index contributed by atoms with van der Waals surface area (Å²) in [5.41, 5.74) is 0. The summed E-state index contributed by atoms with van der Waals surface area (Å²) in [4.78, 5) is 14.5. The van der Waals surface area contributed by atoms with Crippen LogP contribution in [0.5, 0.6) is 0 Å². The van der Waals surface area contributed by atoms with E-state index in [0.717, 1.165) is 45.2 Å². The van der Waals surface area contributed by atoms with Crippen molar-refractivity contribution < 1.29 is 14.6 Å². The molecule has 1 saturated carbocycles. The van der Waals surface area contributed by atoms with E-state index in [1.165, 1.54) is 0 Å². The predicted octanol–water partition coefficient (Wildman–Crippen LogP) is 1.81. The Hall–Kier alpha value is -0.610. The molecule has 1 N–H and O–H groups in total. The minimum absolute atomic E-state index is 0.00181. The van der Waals surface area contributed by atoms with Crippen LogP contribution in [-0.4, -0.2) is 47.8 Å². The second kappa shape index (κ2) is 6.71. The number of likely N-dealkylation sites (tertiary alicyclic amines) is 1. The molecule has 2 fully saturated rings. The molecule has 0 amide bonds. The number of ether oxygens (including phenoxy) is 1. The van der Waals surface area contributed by atoms with Crippen LogP contribution in [0, 0.1) is 11.8 Å². The number of carbonyl (C=O) groups is 1. The van der Waals surface area contributed by atoms with Gasteiger partial charge in [0, 0.05) is 12.6 Å². The Balaban J connectivity index is 2.04. The molecule has 4 atom stereocenters. The number of rotatable bonds is 4. The molecule has 0 spiro atoms. The van der Waals surface area contributed by atoms with E-state index >= 15 is 0 Å². The molecule has 19 heavy (non-hydrogen) atoms. The van der Waals surface area contributed by atoms with Crippen LogP contribution in [0.2, 0.25) is 0 Å². The van der Waals surface area contributed by atoms with Gasteiger partial charge in [0.1, 0.15) is 0 Å². The van der Waals surface area contributed by atoms with Gasteiger partial charge in [-0.2, -0.15) is 0 Å². The normalized spacial score (nSPS) is 35.7. The van der Waals surface area contributed by atoms with Gasteiger partial charge in [-0.1, -0.05) is 6.92 Å². The first-order valence-electron chi connectivity index (χ1n) is 7.74. The monoisotopic (exact) mass is 269 g/mol. The van der Waals surface area contributed by atoms with Crippen LogP contribution < -0.4 is 0 Å². The van der Waals surface area contributed by atoms with Gasteiger partial charge in [0.25, 0.3) is 0 Å². The maximum atomic E-state index is 12.0. The molecule has 0 aromatic rings. The minimum Gasteiger partial charge on any atom is -0.466 e. The fourth-order valence-corrected chi connectivity index (χ4v) is 3.79. The Morgan fingerprint density at radius 2 is 2.11 bits per heavy atom. The van der Waals surface area contributed by atoms with Crippen molar-refractivity contribution in [2.45, 2.75) is 58.1 Å². The molecule has 2 rings (SSSR count). The highest BCUT2D eigenvalue weighted by molar-refractivity contribution is 5.72. The van der Waals surface area contributed by atoms with Gasteiger partial charge in [-0.25, -0.2) is 0 Å². The van der Waals surface area contributed by atoms with Crippen LogP contribution in [0.4, 0.5) is 0 Å². The van der Waals surface area contributed by atoms with E-state index in [0.29, 0.717) is 18.6 Å². The van der Waals surface area contributed by atoms with Gasteiger partial charge in [0.05, 0.1) is 18.6 Å². The van der Waals surface area contributed by atoms with Crippen molar-refractivity contribution in [3.63, 3.8) is 0 Å². The summed E-state index contributed by atoms with van der Waals surface area (Å²) in [5, 5.41) is 9.86. The van der Waals surface area contributed by atoms with Crippen LogP contribution in [0.3, 0.4) is 0 Å². The molecule has 0 bridgehead atoms. The summed E-state index contributed by atoms with van der Waals surface area (Å²) < 4.78 is 5.19. The summed E-state index contributed by atoms with van der Waals surface area (Å²) >= 11 is 0. The van der Waals surface area contributed by atoms with Crippen molar-refractivity contribution in [1.82, 2.24) is 4.90 Å².